The minimum Gasteiger partial charge on any atom is -0.308 e. The van der Waals surface area contributed by atoms with Gasteiger partial charge in [-0.15, -0.1) is 0 Å². The zero-order chi connectivity index (χ0) is 11.6. The maximum atomic E-state index is 3.58. The van der Waals surface area contributed by atoms with Crippen LogP contribution in [0.1, 0.15) is 55.4 Å². The molecule has 0 aromatic carbocycles. The molecule has 2 nitrogen and oxygen atoms in total. The highest BCUT2D eigenvalue weighted by atomic mass is 15.1. The third-order valence-electron chi connectivity index (χ3n) is 2.07. The minimum atomic E-state index is 0.188. The van der Waals surface area contributed by atoms with Gasteiger partial charge in [-0.2, -0.15) is 0 Å². The Kier molecular flexibility index (Phi) is 4.60. The van der Waals surface area contributed by atoms with Gasteiger partial charge in [-0.1, -0.05) is 0 Å². The van der Waals surface area contributed by atoms with Crippen LogP contribution in [0.4, 0.5) is 0 Å². The lowest BCUT2D eigenvalue weighted by Gasteiger charge is -2.34. The van der Waals surface area contributed by atoms with Crippen molar-refractivity contribution in [2.45, 2.75) is 78.6 Å². The fourth-order valence-corrected chi connectivity index (χ4v) is 1.62. The lowest BCUT2D eigenvalue weighted by atomic mass is 10.0. The van der Waals surface area contributed by atoms with Crippen molar-refractivity contribution < 1.29 is 0 Å². The lowest BCUT2D eigenvalue weighted by molar-refractivity contribution is 0.277. The third kappa shape index (κ3) is 7.34. The van der Waals surface area contributed by atoms with Crippen molar-refractivity contribution in [1.82, 2.24) is 10.6 Å². The Morgan fingerprint density at radius 3 is 1.00 bits per heavy atom. The van der Waals surface area contributed by atoms with Gasteiger partial charge in [0, 0.05) is 23.2 Å². The molecule has 0 spiro atoms. The molecule has 0 rings (SSSR count). The highest BCUT2D eigenvalue weighted by Gasteiger charge is 2.21. The Morgan fingerprint density at radius 1 is 0.643 bits per heavy atom. The van der Waals surface area contributed by atoms with Gasteiger partial charge in [0.05, 0.1) is 0 Å². The molecule has 0 aliphatic carbocycles. The molecule has 14 heavy (non-hydrogen) atoms. The second-order valence-electron chi connectivity index (χ2n) is 6.37. The molecule has 0 bridgehead atoms. The van der Waals surface area contributed by atoms with E-state index in [9.17, 15) is 0 Å². The van der Waals surface area contributed by atoms with E-state index in [1.165, 1.54) is 0 Å². The SMILES string of the molecule is CC(NC(C)(C)C)C(C)NC(C)(C)C. The van der Waals surface area contributed by atoms with E-state index in [0.717, 1.165) is 0 Å². The van der Waals surface area contributed by atoms with Crippen molar-refractivity contribution in [3.8, 4) is 0 Å². The fourth-order valence-electron chi connectivity index (χ4n) is 1.62. The minimum absolute atomic E-state index is 0.188. The first-order valence-corrected chi connectivity index (χ1v) is 5.57. The molecule has 0 aromatic heterocycles. The van der Waals surface area contributed by atoms with Crippen LogP contribution in [0, 0.1) is 0 Å². The first-order chi connectivity index (χ1) is 6.01. The normalized spacial score (nSPS) is 18.0. The maximum absolute atomic E-state index is 3.58. The van der Waals surface area contributed by atoms with Crippen molar-refractivity contribution >= 4 is 0 Å². The highest BCUT2D eigenvalue weighted by molar-refractivity contribution is 4.85. The Hall–Kier alpha value is -0.0800. The zero-order valence-electron chi connectivity index (χ0n) is 11.2. The molecule has 0 amide bonds. The Bertz CT molecular complexity index is 142. The van der Waals surface area contributed by atoms with E-state index in [0.29, 0.717) is 12.1 Å². The molecule has 0 aliphatic rings. The predicted octanol–water partition coefficient (Wildman–Crippen LogP) is 2.54. The molecule has 0 aliphatic heterocycles. The van der Waals surface area contributed by atoms with E-state index < -0.39 is 0 Å². The van der Waals surface area contributed by atoms with Crippen LogP contribution < -0.4 is 10.6 Å². The summed E-state index contributed by atoms with van der Waals surface area (Å²) in [5.74, 6) is 0. The highest BCUT2D eigenvalue weighted by Crippen LogP contribution is 2.07. The Labute approximate surface area is 89.9 Å². The number of hydrogen-bond acceptors (Lipinski definition) is 2. The summed E-state index contributed by atoms with van der Waals surface area (Å²) in [7, 11) is 0. The van der Waals surface area contributed by atoms with Gasteiger partial charge in [-0.25, -0.2) is 0 Å². The molecule has 2 heteroatoms. The van der Waals surface area contributed by atoms with Gasteiger partial charge in [-0.05, 0) is 55.4 Å². The van der Waals surface area contributed by atoms with E-state index in [4.69, 9.17) is 0 Å². The average molecular weight is 200 g/mol. The van der Waals surface area contributed by atoms with Gasteiger partial charge in [0.2, 0.25) is 0 Å². The molecule has 2 N–H and O–H groups in total. The summed E-state index contributed by atoms with van der Waals surface area (Å²) in [5, 5.41) is 7.16. The van der Waals surface area contributed by atoms with Crippen LogP contribution in [-0.4, -0.2) is 23.2 Å². The van der Waals surface area contributed by atoms with Crippen molar-refractivity contribution in [3.63, 3.8) is 0 Å². The number of nitrogens with one attached hydrogen (secondary N) is 2. The lowest BCUT2D eigenvalue weighted by Crippen LogP contribution is -2.55. The summed E-state index contributed by atoms with van der Waals surface area (Å²) in [6.45, 7) is 17.7. The number of rotatable bonds is 3. The monoisotopic (exact) mass is 200 g/mol. The van der Waals surface area contributed by atoms with Gasteiger partial charge in [0.1, 0.15) is 0 Å². The van der Waals surface area contributed by atoms with E-state index in [-0.39, 0.29) is 11.1 Å². The van der Waals surface area contributed by atoms with E-state index >= 15 is 0 Å². The van der Waals surface area contributed by atoms with Crippen LogP contribution in [0.2, 0.25) is 0 Å². The first-order valence-electron chi connectivity index (χ1n) is 5.57. The van der Waals surface area contributed by atoms with Crippen molar-refractivity contribution in [2.75, 3.05) is 0 Å². The molecule has 2 unspecified atom stereocenters. The van der Waals surface area contributed by atoms with Gasteiger partial charge in [0.15, 0.2) is 0 Å². The molecule has 0 aromatic rings. The maximum Gasteiger partial charge on any atom is 0.0195 e. The van der Waals surface area contributed by atoms with Crippen LogP contribution in [-0.2, 0) is 0 Å². The van der Waals surface area contributed by atoms with Gasteiger partial charge < -0.3 is 10.6 Å². The Balaban J connectivity index is 4.07. The van der Waals surface area contributed by atoms with Crippen molar-refractivity contribution in [3.05, 3.63) is 0 Å². The molecule has 0 heterocycles. The van der Waals surface area contributed by atoms with Crippen LogP contribution in [0.15, 0.2) is 0 Å². The topological polar surface area (TPSA) is 24.1 Å². The van der Waals surface area contributed by atoms with Crippen LogP contribution in [0.5, 0.6) is 0 Å². The summed E-state index contributed by atoms with van der Waals surface area (Å²) in [6, 6.07) is 0.962. The second kappa shape index (κ2) is 4.63. The summed E-state index contributed by atoms with van der Waals surface area (Å²) >= 11 is 0. The van der Waals surface area contributed by atoms with Crippen molar-refractivity contribution in [1.29, 1.82) is 0 Å². The summed E-state index contributed by atoms with van der Waals surface area (Å²) < 4.78 is 0. The largest absolute Gasteiger partial charge is 0.308 e. The molecule has 0 radical (unpaired) electrons. The number of hydrogen-bond donors (Lipinski definition) is 2. The molecule has 86 valence electrons. The molecule has 2 atom stereocenters. The van der Waals surface area contributed by atoms with E-state index in [1.54, 1.807) is 0 Å². The zero-order valence-corrected chi connectivity index (χ0v) is 11.2. The fraction of sp³-hybridized carbons (Fsp3) is 1.00. The second-order valence-corrected chi connectivity index (χ2v) is 6.37. The Morgan fingerprint density at radius 2 is 0.857 bits per heavy atom. The molecule has 0 fully saturated rings. The van der Waals surface area contributed by atoms with E-state index in [1.807, 2.05) is 0 Å². The first kappa shape index (κ1) is 13.9. The smallest absolute Gasteiger partial charge is 0.0195 e. The summed E-state index contributed by atoms with van der Waals surface area (Å²) in [6.07, 6.45) is 0. The molecular weight excluding hydrogens is 172 g/mol. The van der Waals surface area contributed by atoms with Gasteiger partial charge in [0.25, 0.3) is 0 Å². The predicted molar refractivity (Wildman–Crippen MR) is 64.7 cm³/mol. The summed E-state index contributed by atoms with van der Waals surface area (Å²) in [4.78, 5) is 0. The van der Waals surface area contributed by atoms with E-state index in [2.05, 4.69) is 66.0 Å². The summed E-state index contributed by atoms with van der Waals surface area (Å²) in [5.41, 5.74) is 0.375. The quantitative estimate of drug-likeness (QED) is 0.731. The molecular formula is C12H28N2. The van der Waals surface area contributed by atoms with Gasteiger partial charge in [-0.3, -0.25) is 0 Å². The average Bonchev–Trinajstić information content (AvgIpc) is 1.78. The molecule has 0 saturated heterocycles. The third-order valence-corrected chi connectivity index (χ3v) is 2.07. The van der Waals surface area contributed by atoms with Crippen LogP contribution >= 0.6 is 0 Å². The van der Waals surface area contributed by atoms with Crippen LogP contribution in [0.25, 0.3) is 0 Å². The molecule has 0 saturated carbocycles. The standard InChI is InChI=1S/C12H28N2/c1-9(13-11(3,4)5)10(2)14-12(6,7)8/h9-10,13-14H,1-8H3. The van der Waals surface area contributed by atoms with Crippen molar-refractivity contribution in [2.24, 2.45) is 0 Å². The van der Waals surface area contributed by atoms with Gasteiger partial charge >= 0.3 is 0 Å². The van der Waals surface area contributed by atoms with Crippen LogP contribution in [0.3, 0.4) is 0 Å².